The average molecular weight is 270 g/mol. The quantitative estimate of drug-likeness (QED) is 0.726. The molecule has 0 N–H and O–H groups in total. The standard InChI is InChI=1S/C10H20ClNO3S/c1-9(7-11)16(13,14)12-6-4-5-10(2,8-12)15-3/h9H,4-8H2,1-3H3. The van der Waals surface area contributed by atoms with E-state index in [2.05, 4.69) is 0 Å². The SMILES string of the molecule is COC1(C)CCCN(S(=O)(=O)C(C)CCl)C1. The molecule has 0 aromatic rings. The molecule has 0 aromatic carbocycles. The van der Waals surface area contributed by atoms with Gasteiger partial charge in [-0.2, -0.15) is 4.31 Å². The van der Waals surface area contributed by atoms with Gasteiger partial charge < -0.3 is 4.74 Å². The van der Waals surface area contributed by atoms with Gasteiger partial charge in [0.25, 0.3) is 0 Å². The summed E-state index contributed by atoms with van der Waals surface area (Å²) in [7, 11) is -1.65. The van der Waals surface area contributed by atoms with Crippen molar-refractivity contribution >= 4 is 21.6 Å². The Morgan fingerprint density at radius 3 is 2.69 bits per heavy atom. The number of methoxy groups -OCH3 is 1. The summed E-state index contributed by atoms with van der Waals surface area (Å²) in [5, 5.41) is -0.534. The molecule has 0 amide bonds. The monoisotopic (exact) mass is 269 g/mol. The third-order valence-corrected chi connectivity index (χ3v) is 6.06. The van der Waals surface area contributed by atoms with Crippen molar-refractivity contribution < 1.29 is 13.2 Å². The molecule has 16 heavy (non-hydrogen) atoms. The van der Waals surface area contributed by atoms with Crippen LogP contribution in [-0.4, -0.2) is 49.7 Å². The van der Waals surface area contributed by atoms with E-state index in [9.17, 15) is 8.42 Å². The zero-order valence-corrected chi connectivity index (χ0v) is 11.6. The molecule has 0 saturated carbocycles. The lowest BCUT2D eigenvalue weighted by Crippen LogP contribution is -2.51. The minimum Gasteiger partial charge on any atom is -0.377 e. The van der Waals surface area contributed by atoms with E-state index in [4.69, 9.17) is 16.3 Å². The van der Waals surface area contributed by atoms with E-state index in [1.807, 2.05) is 6.92 Å². The van der Waals surface area contributed by atoms with Crippen LogP contribution in [0.4, 0.5) is 0 Å². The molecule has 0 aliphatic carbocycles. The lowest BCUT2D eigenvalue weighted by molar-refractivity contribution is -0.0320. The fraction of sp³-hybridized carbons (Fsp3) is 1.00. The summed E-state index contributed by atoms with van der Waals surface area (Å²) in [6.45, 7) is 4.58. The summed E-state index contributed by atoms with van der Waals surface area (Å²) in [6, 6.07) is 0. The number of alkyl halides is 1. The van der Waals surface area contributed by atoms with Crippen molar-refractivity contribution in [2.45, 2.75) is 37.5 Å². The molecular weight excluding hydrogens is 250 g/mol. The summed E-state index contributed by atoms with van der Waals surface area (Å²) in [5.74, 6) is 0.128. The smallest absolute Gasteiger partial charge is 0.217 e. The Hall–Kier alpha value is 0.160. The van der Waals surface area contributed by atoms with Crippen LogP contribution in [0.5, 0.6) is 0 Å². The largest absolute Gasteiger partial charge is 0.377 e. The molecular formula is C10H20ClNO3S. The number of nitrogens with zero attached hydrogens (tertiary/aromatic N) is 1. The molecule has 4 nitrogen and oxygen atoms in total. The van der Waals surface area contributed by atoms with E-state index >= 15 is 0 Å². The third-order valence-electron chi connectivity index (χ3n) is 3.20. The van der Waals surface area contributed by atoms with Gasteiger partial charge in [0.1, 0.15) is 0 Å². The third kappa shape index (κ3) is 2.88. The van der Waals surface area contributed by atoms with Crippen LogP contribution in [0.1, 0.15) is 26.7 Å². The molecule has 0 aromatic heterocycles. The lowest BCUT2D eigenvalue weighted by atomic mass is 9.96. The minimum atomic E-state index is -3.27. The average Bonchev–Trinajstić information content (AvgIpc) is 2.28. The highest BCUT2D eigenvalue weighted by Gasteiger charge is 2.38. The number of piperidine rings is 1. The van der Waals surface area contributed by atoms with E-state index in [-0.39, 0.29) is 11.5 Å². The molecule has 0 bridgehead atoms. The Bertz CT molecular complexity index is 333. The van der Waals surface area contributed by atoms with Gasteiger partial charge in [-0.15, -0.1) is 11.6 Å². The van der Waals surface area contributed by atoms with Gasteiger partial charge in [-0.3, -0.25) is 0 Å². The summed E-state index contributed by atoms with van der Waals surface area (Å²) in [6.07, 6.45) is 1.73. The maximum atomic E-state index is 12.1. The van der Waals surface area contributed by atoms with Gasteiger partial charge in [0, 0.05) is 26.1 Å². The second kappa shape index (κ2) is 5.21. The fourth-order valence-electron chi connectivity index (χ4n) is 1.88. The van der Waals surface area contributed by atoms with Gasteiger partial charge >= 0.3 is 0 Å². The minimum absolute atomic E-state index is 0.128. The van der Waals surface area contributed by atoms with Crippen molar-refractivity contribution in [3.05, 3.63) is 0 Å². The normalized spacial score (nSPS) is 30.2. The Balaban J connectivity index is 2.82. The molecule has 2 unspecified atom stereocenters. The first kappa shape index (κ1) is 14.2. The molecule has 0 spiro atoms. The molecule has 96 valence electrons. The number of hydrogen-bond donors (Lipinski definition) is 0. The van der Waals surface area contributed by atoms with Gasteiger partial charge in [0.05, 0.1) is 10.9 Å². The fourth-order valence-corrected chi connectivity index (χ4v) is 3.86. The molecule has 1 rings (SSSR count). The summed E-state index contributed by atoms with van der Waals surface area (Å²) < 4.78 is 31.1. The Kier molecular flexibility index (Phi) is 4.63. The highest BCUT2D eigenvalue weighted by atomic mass is 35.5. The second-order valence-electron chi connectivity index (χ2n) is 4.60. The van der Waals surface area contributed by atoms with E-state index in [1.54, 1.807) is 14.0 Å². The molecule has 0 radical (unpaired) electrons. The van der Waals surface area contributed by atoms with Crippen molar-refractivity contribution in [2.75, 3.05) is 26.1 Å². The molecule has 6 heteroatoms. The van der Waals surface area contributed by atoms with E-state index in [0.717, 1.165) is 12.8 Å². The second-order valence-corrected chi connectivity index (χ2v) is 7.26. The van der Waals surface area contributed by atoms with Crippen LogP contribution < -0.4 is 0 Å². The van der Waals surface area contributed by atoms with Gasteiger partial charge in [0.2, 0.25) is 10.0 Å². The van der Waals surface area contributed by atoms with Crippen molar-refractivity contribution in [3.8, 4) is 0 Å². The number of hydrogen-bond acceptors (Lipinski definition) is 3. The topological polar surface area (TPSA) is 46.6 Å². The van der Waals surface area contributed by atoms with Gasteiger partial charge in [0.15, 0.2) is 0 Å². The van der Waals surface area contributed by atoms with Crippen molar-refractivity contribution in [3.63, 3.8) is 0 Å². The first-order chi connectivity index (χ1) is 7.35. The van der Waals surface area contributed by atoms with Crippen molar-refractivity contribution in [2.24, 2.45) is 0 Å². The number of rotatable bonds is 4. The highest BCUT2D eigenvalue weighted by molar-refractivity contribution is 7.89. The maximum absolute atomic E-state index is 12.1. The molecule has 1 aliphatic rings. The van der Waals surface area contributed by atoms with Crippen molar-refractivity contribution in [1.82, 2.24) is 4.31 Å². The Morgan fingerprint density at radius 2 is 2.19 bits per heavy atom. The van der Waals surface area contributed by atoms with Crippen LogP contribution in [0, 0.1) is 0 Å². The first-order valence-corrected chi connectivity index (χ1v) is 7.49. The number of sulfonamides is 1. The van der Waals surface area contributed by atoms with Crippen molar-refractivity contribution in [1.29, 1.82) is 0 Å². The van der Waals surface area contributed by atoms with E-state index in [0.29, 0.717) is 13.1 Å². The zero-order valence-electron chi connectivity index (χ0n) is 10.1. The summed E-state index contributed by atoms with van der Waals surface area (Å²) in [4.78, 5) is 0. The molecule has 2 atom stereocenters. The van der Waals surface area contributed by atoms with Crippen LogP contribution in [0.2, 0.25) is 0 Å². The van der Waals surface area contributed by atoms with Crippen LogP contribution in [-0.2, 0) is 14.8 Å². The summed E-state index contributed by atoms with van der Waals surface area (Å²) >= 11 is 5.62. The van der Waals surface area contributed by atoms with Crippen LogP contribution in [0.15, 0.2) is 0 Å². The predicted octanol–water partition coefficient (Wildman–Crippen LogP) is 1.44. The van der Waals surface area contributed by atoms with Crippen LogP contribution in [0.25, 0.3) is 0 Å². The summed E-state index contributed by atoms with van der Waals surface area (Å²) in [5.41, 5.74) is -0.364. The molecule has 1 heterocycles. The number of halogens is 1. The predicted molar refractivity (Wildman–Crippen MR) is 65.3 cm³/mol. The van der Waals surface area contributed by atoms with Gasteiger partial charge in [-0.05, 0) is 26.7 Å². The van der Waals surface area contributed by atoms with Gasteiger partial charge in [-0.1, -0.05) is 0 Å². The Morgan fingerprint density at radius 1 is 1.56 bits per heavy atom. The van der Waals surface area contributed by atoms with Gasteiger partial charge in [-0.25, -0.2) is 8.42 Å². The van der Waals surface area contributed by atoms with E-state index in [1.165, 1.54) is 4.31 Å². The molecule has 1 aliphatic heterocycles. The lowest BCUT2D eigenvalue weighted by Gasteiger charge is -2.39. The Labute approximate surface area is 103 Å². The van der Waals surface area contributed by atoms with Crippen LogP contribution >= 0.6 is 11.6 Å². The first-order valence-electron chi connectivity index (χ1n) is 5.46. The zero-order chi connectivity index (χ0) is 12.4. The molecule has 1 fully saturated rings. The number of ether oxygens (including phenoxy) is 1. The van der Waals surface area contributed by atoms with Crippen LogP contribution in [0.3, 0.4) is 0 Å². The van der Waals surface area contributed by atoms with E-state index < -0.39 is 15.3 Å². The molecule has 1 saturated heterocycles. The maximum Gasteiger partial charge on any atom is 0.217 e. The highest BCUT2D eigenvalue weighted by Crippen LogP contribution is 2.27.